The van der Waals surface area contributed by atoms with Crippen molar-refractivity contribution in [3.05, 3.63) is 28.6 Å². The highest BCUT2D eigenvalue weighted by atomic mass is 35.5. The molecule has 0 aliphatic carbocycles. The number of halogens is 2. The van der Waals surface area contributed by atoms with Crippen LogP contribution in [-0.4, -0.2) is 0 Å². The van der Waals surface area contributed by atoms with Crippen molar-refractivity contribution in [3.8, 4) is 0 Å². The van der Waals surface area contributed by atoms with Gasteiger partial charge in [-0.25, -0.2) is 0 Å². The Balaban J connectivity index is 0.000000605. The minimum absolute atomic E-state index is 0. The second-order valence-electron chi connectivity index (χ2n) is 1.94. The molecule has 0 amide bonds. The van der Waals surface area contributed by atoms with Crippen molar-refractivity contribution in [2.24, 2.45) is 0 Å². The second-order valence-corrected chi connectivity index (χ2v) is 4.72. The number of rotatable bonds is 0. The van der Waals surface area contributed by atoms with E-state index in [4.69, 9.17) is 11.6 Å². The third-order valence-corrected chi connectivity index (χ3v) is 4.29. The molecule has 0 saturated heterocycles. The van der Waals surface area contributed by atoms with E-state index >= 15 is 0 Å². The van der Waals surface area contributed by atoms with Crippen LogP contribution in [-0.2, 0) is 0 Å². The van der Waals surface area contributed by atoms with Crippen LogP contribution in [0.25, 0.3) is 10.1 Å². The quantitative estimate of drug-likeness (QED) is 0.460. The van der Waals surface area contributed by atoms with Crippen LogP contribution < -0.4 is 12.4 Å². The zero-order chi connectivity index (χ0) is 6.97. The van der Waals surface area contributed by atoms with Crippen LogP contribution in [0.5, 0.6) is 0 Å². The van der Waals surface area contributed by atoms with Crippen LogP contribution in [0.4, 0.5) is 0 Å². The predicted molar refractivity (Wildman–Crippen MR) is 49.1 cm³/mol. The van der Waals surface area contributed by atoms with Crippen LogP contribution in [0, 0.1) is 0 Å². The minimum Gasteiger partial charge on any atom is -1.00 e. The molecule has 0 saturated carbocycles. The summed E-state index contributed by atoms with van der Waals surface area (Å²) in [6.45, 7) is 0. The number of fused-ring (bicyclic) bond motifs is 1. The highest BCUT2D eigenvalue weighted by molar-refractivity contribution is 7.73. The predicted octanol–water partition coefficient (Wildman–Crippen LogP) is 0.901. The van der Waals surface area contributed by atoms with Gasteiger partial charge in [-0.1, -0.05) is 23.7 Å². The van der Waals surface area contributed by atoms with Crippen molar-refractivity contribution in [1.29, 1.82) is 0 Å². The van der Waals surface area contributed by atoms with Gasteiger partial charge in [-0.15, -0.1) is 0 Å². The highest BCUT2D eigenvalue weighted by Gasteiger charge is 2.11. The number of benzene rings is 1. The van der Waals surface area contributed by atoms with E-state index in [1.54, 1.807) is 20.7 Å². The van der Waals surface area contributed by atoms with Gasteiger partial charge in [0.2, 0.25) is 0 Å². The van der Waals surface area contributed by atoms with Crippen molar-refractivity contribution >= 4 is 42.4 Å². The molecule has 0 N–H and O–H groups in total. The first-order chi connectivity index (χ1) is 4.88. The lowest BCUT2D eigenvalue weighted by atomic mass is 10.3. The summed E-state index contributed by atoms with van der Waals surface area (Å²) < 4.78 is 2.18. The summed E-state index contributed by atoms with van der Waals surface area (Å²) in [7, 11) is 3.35. The molecule has 11 heavy (non-hydrogen) atoms. The molecule has 58 valence electrons. The molecule has 0 bridgehead atoms. The molecule has 0 nitrogen and oxygen atoms in total. The molecule has 1 aromatic carbocycles. The summed E-state index contributed by atoms with van der Waals surface area (Å²) in [5, 5.41) is 1.18. The van der Waals surface area contributed by atoms with Gasteiger partial charge >= 0.3 is 10.3 Å². The van der Waals surface area contributed by atoms with Crippen molar-refractivity contribution < 1.29 is 12.4 Å². The van der Waals surface area contributed by atoms with Gasteiger partial charge in [0, 0.05) is 6.07 Å². The van der Waals surface area contributed by atoms with Crippen LogP contribution >= 0.6 is 32.3 Å². The molecule has 0 fully saturated rings. The fourth-order valence-corrected chi connectivity index (χ4v) is 3.42. The Morgan fingerprint density at radius 1 is 1.27 bits per heavy atom. The molecular weight excluding hydrogens is 219 g/mol. The van der Waals surface area contributed by atoms with Crippen LogP contribution in [0.2, 0.25) is 4.34 Å². The zero-order valence-electron chi connectivity index (χ0n) is 5.38. The van der Waals surface area contributed by atoms with E-state index < -0.39 is 0 Å². The van der Waals surface area contributed by atoms with Crippen molar-refractivity contribution in [2.75, 3.05) is 0 Å². The topological polar surface area (TPSA) is 0 Å². The average Bonchev–Trinajstić information content (AvgIpc) is 2.34. The lowest BCUT2D eigenvalue weighted by Gasteiger charge is -1.77. The molecule has 0 aliphatic rings. The first-order valence-corrected chi connectivity index (χ1v) is 5.37. The maximum absolute atomic E-state index is 5.90. The molecule has 0 atom stereocenters. The summed E-state index contributed by atoms with van der Waals surface area (Å²) in [5.41, 5.74) is 0. The van der Waals surface area contributed by atoms with Gasteiger partial charge < -0.3 is 12.4 Å². The molecule has 0 radical (unpaired) electrons. The zero-order valence-corrected chi connectivity index (χ0v) is 8.53. The monoisotopic (exact) mass is 222 g/mol. The van der Waals surface area contributed by atoms with Crippen LogP contribution in [0.15, 0.2) is 24.3 Å². The Bertz CT molecular complexity index is 356. The Morgan fingerprint density at radius 2 is 2.00 bits per heavy atom. The number of hydrogen-bond donors (Lipinski definition) is 0. The van der Waals surface area contributed by atoms with Crippen LogP contribution in [0.1, 0.15) is 0 Å². The Kier molecular flexibility index (Phi) is 3.07. The summed E-state index contributed by atoms with van der Waals surface area (Å²) >= 11 is 5.90. The van der Waals surface area contributed by atoms with Gasteiger partial charge in [0.1, 0.15) is 0 Å². The van der Waals surface area contributed by atoms with Crippen molar-refractivity contribution in [3.63, 3.8) is 0 Å². The molecular formula is C7H4Cl2S2. The molecule has 2 rings (SSSR count). The molecule has 0 unspecified atom stereocenters. The first kappa shape index (κ1) is 9.20. The summed E-state index contributed by atoms with van der Waals surface area (Å²) in [6.07, 6.45) is 0. The molecule has 0 aliphatic heterocycles. The van der Waals surface area contributed by atoms with Crippen molar-refractivity contribution in [1.82, 2.24) is 0 Å². The minimum atomic E-state index is 0. The van der Waals surface area contributed by atoms with E-state index in [9.17, 15) is 0 Å². The van der Waals surface area contributed by atoms with E-state index in [-0.39, 0.29) is 12.4 Å². The lowest BCUT2D eigenvalue weighted by molar-refractivity contribution is -0.00000165. The molecule has 1 heterocycles. The lowest BCUT2D eigenvalue weighted by Crippen LogP contribution is -3.00. The summed E-state index contributed by atoms with van der Waals surface area (Å²) in [5.74, 6) is 0. The van der Waals surface area contributed by atoms with Gasteiger partial charge in [-0.05, 0) is 6.07 Å². The van der Waals surface area contributed by atoms with E-state index in [1.807, 2.05) is 18.2 Å². The number of hydrogen-bond acceptors (Lipinski definition) is 1. The van der Waals surface area contributed by atoms with Crippen molar-refractivity contribution in [2.45, 2.75) is 0 Å². The molecule has 2 aromatic rings. The van der Waals surface area contributed by atoms with Crippen LogP contribution in [0.3, 0.4) is 0 Å². The van der Waals surface area contributed by atoms with Gasteiger partial charge in [0.05, 0.1) is 5.39 Å². The van der Waals surface area contributed by atoms with Gasteiger partial charge in [0.15, 0.2) is 14.7 Å². The third kappa shape index (κ3) is 1.64. The van der Waals surface area contributed by atoms with Gasteiger partial charge in [-0.2, -0.15) is 0 Å². The van der Waals surface area contributed by atoms with Gasteiger partial charge in [-0.3, -0.25) is 0 Å². The molecule has 0 spiro atoms. The smallest absolute Gasteiger partial charge is 0.302 e. The first-order valence-electron chi connectivity index (χ1n) is 2.84. The van der Waals surface area contributed by atoms with Gasteiger partial charge in [0.25, 0.3) is 4.70 Å². The average molecular weight is 223 g/mol. The fourth-order valence-electron chi connectivity index (χ4n) is 0.828. The van der Waals surface area contributed by atoms with E-state index in [1.165, 1.54) is 10.1 Å². The Labute approximate surface area is 83.2 Å². The van der Waals surface area contributed by atoms with E-state index in [0.29, 0.717) is 0 Å². The Morgan fingerprint density at radius 3 is 2.73 bits per heavy atom. The molecule has 1 aromatic heterocycles. The highest BCUT2D eigenvalue weighted by Crippen LogP contribution is 2.34. The maximum atomic E-state index is 5.90. The fraction of sp³-hybridized carbons (Fsp3) is 0. The Hall–Kier alpha value is 0.110. The third-order valence-electron chi connectivity index (χ3n) is 1.30. The molecule has 4 heteroatoms. The summed E-state index contributed by atoms with van der Waals surface area (Å²) in [6, 6.07) is 8.17. The second kappa shape index (κ2) is 3.68. The normalized spacial score (nSPS) is 9.55. The van der Waals surface area contributed by atoms with E-state index in [0.717, 1.165) is 4.34 Å². The largest absolute Gasteiger partial charge is 1.00 e. The summed E-state index contributed by atoms with van der Waals surface area (Å²) in [4.78, 5) is 0. The standard InChI is InChI=1S/C7H4ClS2.ClH/c8-7-5-3-1-2-4-6(5)9-10-7;/h1-4H;1H/q+1;/p-1. The van der Waals surface area contributed by atoms with E-state index in [2.05, 4.69) is 6.07 Å². The maximum Gasteiger partial charge on any atom is 0.302 e. The SMILES string of the molecule is Clc1s[s+]c2ccccc12.[Cl-].